The quantitative estimate of drug-likeness (QED) is 0.791. The summed E-state index contributed by atoms with van der Waals surface area (Å²) in [6, 6.07) is 7.74. The van der Waals surface area contributed by atoms with Gasteiger partial charge >= 0.3 is 0 Å². The number of nitrogens with one attached hydrogen (secondary N) is 1. The standard InChI is InChI=1S/C16H27N3O/c1-5-18(4)15-10-8-14(9-11-15)16(20)17-12-13-19(6-2)7-3/h8-11H,5-7,12-13H2,1-4H3,(H,17,20). The number of likely N-dealkylation sites (N-methyl/N-ethyl adjacent to an activating group) is 1. The van der Waals surface area contributed by atoms with Crippen LogP contribution in [-0.2, 0) is 0 Å². The van der Waals surface area contributed by atoms with Crippen molar-refractivity contribution in [2.75, 3.05) is 44.7 Å². The molecular weight excluding hydrogens is 250 g/mol. The van der Waals surface area contributed by atoms with E-state index in [2.05, 4.69) is 35.9 Å². The first-order valence-corrected chi connectivity index (χ1v) is 7.44. The molecule has 20 heavy (non-hydrogen) atoms. The maximum atomic E-state index is 12.0. The highest BCUT2D eigenvalue weighted by Gasteiger charge is 2.06. The molecule has 4 nitrogen and oxygen atoms in total. The number of amides is 1. The monoisotopic (exact) mass is 277 g/mol. The van der Waals surface area contributed by atoms with E-state index >= 15 is 0 Å². The lowest BCUT2D eigenvalue weighted by molar-refractivity contribution is 0.0949. The van der Waals surface area contributed by atoms with Gasteiger partial charge < -0.3 is 15.1 Å². The molecule has 0 unspecified atom stereocenters. The topological polar surface area (TPSA) is 35.6 Å². The summed E-state index contributed by atoms with van der Waals surface area (Å²) >= 11 is 0. The SMILES string of the molecule is CCN(CC)CCNC(=O)c1ccc(N(C)CC)cc1. The summed E-state index contributed by atoms with van der Waals surface area (Å²) in [4.78, 5) is 16.4. The van der Waals surface area contributed by atoms with Crippen LogP contribution in [0.5, 0.6) is 0 Å². The summed E-state index contributed by atoms with van der Waals surface area (Å²) in [7, 11) is 2.04. The van der Waals surface area contributed by atoms with Crippen molar-refractivity contribution in [2.24, 2.45) is 0 Å². The number of rotatable bonds is 8. The molecule has 0 bridgehead atoms. The van der Waals surface area contributed by atoms with Gasteiger partial charge in [-0.05, 0) is 44.3 Å². The normalized spacial score (nSPS) is 10.7. The number of nitrogens with zero attached hydrogens (tertiary/aromatic N) is 2. The van der Waals surface area contributed by atoms with Crippen LogP contribution < -0.4 is 10.2 Å². The molecular formula is C16H27N3O. The Kier molecular flexibility index (Phi) is 7.09. The van der Waals surface area contributed by atoms with Crippen molar-refractivity contribution in [3.8, 4) is 0 Å². The van der Waals surface area contributed by atoms with E-state index < -0.39 is 0 Å². The van der Waals surface area contributed by atoms with E-state index in [1.54, 1.807) is 0 Å². The van der Waals surface area contributed by atoms with E-state index in [0.717, 1.165) is 37.4 Å². The zero-order valence-electron chi connectivity index (χ0n) is 13.1. The smallest absolute Gasteiger partial charge is 0.251 e. The molecule has 1 aromatic rings. The molecule has 0 atom stereocenters. The van der Waals surface area contributed by atoms with E-state index in [1.165, 1.54) is 0 Å². The van der Waals surface area contributed by atoms with Crippen molar-refractivity contribution in [3.05, 3.63) is 29.8 Å². The zero-order chi connectivity index (χ0) is 15.0. The van der Waals surface area contributed by atoms with Gasteiger partial charge in [0, 0.05) is 37.9 Å². The van der Waals surface area contributed by atoms with Crippen LogP contribution in [0.1, 0.15) is 31.1 Å². The van der Waals surface area contributed by atoms with E-state index in [1.807, 2.05) is 31.3 Å². The zero-order valence-corrected chi connectivity index (χ0v) is 13.1. The predicted octanol–water partition coefficient (Wildman–Crippen LogP) is 2.21. The van der Waals surface area contributed by atoms with E-state index in [-0.39, 0.29) is 5.91 Å². The van der Waals surface area contributed by atoms with Crippen LogP contribution in [0.25, 0.3) is 0 Å². The Morgan fingerprint density at radius 2 is 1.65 bits per heavy atom. The van der Waals surface area contributed by atoms with Gasteiger partial charge in [-0.3, -0.25) is 4.79 Å². The first-order chi connectivity index (χ1) is 9.62. The van der Waals surface area contributed by atoms with Crippen molar-refractivity contribution < 1.29 is 4.79 Å². The van der Waals surface area contributed by atoms with Gasteiger partial charge in [0.25, 0.3) is 5.91 Å². The molecule has 4 heteroatoms. The van der Waals surface area contributed by atoms with Gasteiger partial charge in [0.15, 0.2) is 0 Å². The molecule has 0 saturated heterocycles. The lowest BCUT2D eigenvalue weighted by Crippen LogP contribution is -2.34. The summed E-state index contributed by atoms with van der Waals surface area (Å²) in [6.07, 6.45) is 0. The number of carbonyl (C=O) groups is 1. The Balaban J connectivity index is 2.47. The number of hydrogen-bond donors (Lipinski definition) is 1. The first kappa shape index (κ1) is 16.5. The maximum Gasteiger partial charge on any atom is 0.251 e. The van der Waals surface area contributed by atoms with Crippen LogP contribution in [0.4, 0.5) is 5.69 Å². The van der Waals surface area contributed by atoms with E-state index in [4.69, 9.17) is 0 Å². The summed E-state index contributed by atoms with van der Waals surface area (Å²) in [6.45, 7) is 11.0. The summed E-state index contributed by atoms with van der Waals surface area (Å²) in [5.74, 6) is 0.00265. The summed E-state index contributed by atoms with van der Waals surface area (Å²) < 4.78 is 0. The molecule has 1 N–H and O–H groups in total. The molecule has 1 amide bonds. The lowest BCUT2D eigenvalue weighted by atomic mass is 10.2. The summed E-state index contributed by atoms with van der Waals surface area (Å²) in [5.41, 5.74) is 1.85. The number of benzene rings is 1. The second-order valence-corrected chi connectivity index (χ2v) is 4.84. The molecule has 0 fully saturated rings. The van der Waals surface area contributed by atoms with Gasteiger partial charge in [0.05, 0.1) is 0 Å². The Bertz CT molecular complexity index is 399. The van der Waals surface area contributed by atoms with Crippen LogP contribution in [0, 0.1) is 0 Å². The van der Waals surface area contributed by atoms with Gasteiger partial charge in [0.1, 0.15) is 0 Å². The third kappa shape index (κ3) is 4.85. The fourth-order valence-corrected chi connectivity index (χ4v) is 2.02. The highest BCUT2D eigenvalue weighted by atomic mass is 16.1. The van der Waals surface area contributed by atoms with Crippen molar-refractivity contribution in [2.45, 2.75) is 20.8 Å². The average molecular weight is 277 g/mol. The number of carbonyl (C=O) groups excluding carboxylic acids is 1. The predicted molar refractivity (Wildman–Crippen MR) is 85.5 cm³/mol. The fourth-order valence-electron chi connectivity index (χ4n) is 2.02. The third-order valence-electron chi connectivity index (χ3n) is 3.65. The molecule has 0 aliphatic heterocycles. The van der Waals surface area contributed by atoms with Crippen LogP contribution in [-0.4, -0.2) is 50.6 Å². The minimum Gasteiger partial charge on any atom is -0.375 e. The number of anilines is 1. The van der Waals surface area contributed by atoms with E-state index in [0.29, 0.717) is 6.54 Å². The molecule has 0 aliphatic rings. The average Bonchev–Trinajstić information content (AvgIpc) is 2.50. The van der Waals surface area contributed by atoms with Crippen molar-refractivity contribution in [3.63, 3.8) is 0 Å². The third-order valence-corrected chi connectivity index (χ3v) is 3.65. The van der Waals surface area contributed by atoms with Gasteiger partial charge in [-0.15, -0.1) is 0 Å². The highest BCUT2D eigenvalue weighted by molar-refractivity contribution is 5.94. The largest absolute Gasteiger partial charge is 0.375 e. The Hall–Kier alpha value is -1.55. The van der Waals surface area contributed by atoms with Crippen molar-refractivity contribution in [1.29, 1.82) is 0 Å². The Morgan fingerprint density at radius 1 is 1.05 bits per heavy atom. The molecule has 0 heterocycles. The number of hydrogen-bond acceptors (Lipinski definition) is 3. The highest BCUT2D eigenvalue weighted by Crippen LogP contribution is 2.13. The Morgan fingerprint density at radius 3 is 2.15 bits per heavy atom. The Labute approximate surface area is 122 Å². The first-order valence-electron chi connectivity index (χ1n) is 7.44. The second kappa shape index (κ2) is 8.59. The fraction of sp³-hybridized carbons (Fsp3) is 0.562. The van der Waals surface area contributed by atoms with Crippen LogP contribution in [0.3, 0.4) is 0 Å². The molecule has 0 saturated carbocycles. The van der Waals surface area contributed by atoms with Crippen LogP contribution >= 0.6 is 0 Å². The van der Waals surface area contributed by atoms with Crippen molar-refractivity contribution >= 4 is 11.6 Å². The molecule has 1 aromatic carbocycles. The second-order valence-electron chi connectivity index (χ2n) is 4.84. The van der Waals surface area contributed by atoms with Gasteiger partial charge in [-0.1, -0.05) is 13.8 Å². The minimum atomic E-state index is 0.00265. The minimum absolute atomic E-state index is 0.00265. The lowest BCUT2D eigenvalue weighted by Gasteiger charge is -2.18. The van der Waals surface area contributed by atoms with Gasteiger partial charge in [-0.2, -0.15) is 0 Å². The van der Waals surface area contributed by atoms with Gasteiger partial charge in [0.2, 0.25) is 0 Å². The van der Waals surface area contributed by atoms with Crippen LogP contribution in [0.2, 0.25) is 0 Å². The van der Waals surface area contributed by atoms with E-state index in [9.17, 15) is 4.79 Å². The molecule has 0 aromatic heterocycles. The molecule has 0 aliphatic carbocycles. The van der Waals surface area contributed by atoms with Crippen LogP contribution in [0.15, 0.2) is 24.3 Å². The summed E-state index contributed by atoms with van der Waals surface area (Å²) in [5, 5.41) is 2.97. The van der Waals surface area contributed by atoms with Gasteiger partial charge in [-0.25, -0.2) is 0 Å². The maximum absolute atomic E-state index is 12.0. The molecule has 0 radical (unpaired) electrons. The molecule has 112 valence electrons. The van der Waals surface area contributed by atoms with Crippen molar-refractivity contribution in [1.82, 2.24) is 10.2 Å². The molecule has 1 rings (SSSR count). The molecule has 0 spiro atoms.